The average Bonchev–Trinajstić information content (AvgIpc) is 3.32. The van der Waals surface area contributed by atoms with Crippen LogP contribution >= 0.6 is 11.5 Å². The number of ether oxygens (including phenoxy) is 1. The Labute approximate surface area is 133 Å². The Hall–Kier alpha value is -1.96. The summed E-state index contributed by atoms with van der Waals surface area (Å²) in [7, 11) is 1.62. The van der Waals surface area contributed by atoms with Crippen molar-refractivity contribution < 1.29 is 4.74 Å². The van der Waals surface area contributed by atoms with Gasteiger partial charge in [0.25, 0.3) is 0 Å². The van der Waals surface area contributed by atoms with E-state index in [0.29, 0.717) is 11.8 Å². The molecule has 0 amide bonds. The van der Waals surface area contributed by atoms with Crippen molar-refractivity contribution >= 4 is 22.5 Å². The Morgan fingerprint density at radius 3 is 2.64 bits per heavy atom. The van der Waals surface area contributed by atoms with Crippen molar-refractivity contribution in [3.8, 4) is 5.88 Å². The lowest BCUT2D eigenvalue weighted by Crippen LogP contribution is -2.46. The number of aromatic nitrogens is 4. The van der Waals surface area contributed by atoms with Crippen molar-refractivity contribution in [3.05, 3.63) is 18.2 Å². The van der Waals surface area contributed by atoms with Crippen molar-refractivity contribution in [2.24, 2.45) is 0 Å². The predicted octanol–water partition coefficient (Wildman–Crippen LogP) is 1.54. The second kappa shape index (κ2) is 5.68. The zero-order valence-corrected chi connectivity index (χ0v) is 13.3. The number of hydrogen-bond donors (Lipinski definition) is 0. The quantitative estimate of drug-likeness (QED) is 0.847. The molecule has 116 valence electrons. The van der Waals surface area contributed by atoms with Gasteiger partial charge in [-0.05, 0) is 12.8 Å². The van der Waals surface area contributed by atoms with E-state index in [1.165, 1.54) is 24.4 Å². The maximum atomic E-state index is 5.16. The Bertz CT molecular complexity index is 650. The van der Waals surface area contributed by atoms with Crippen LogP contribution in [0.5, 0.6) is 5.88 Å². The van der Waals surface area contributed by atoms with E-state index in [2.05, 4.69) is 24.1 Å². The van der Waals surface area contributed by atoms with Crippen LogP contribution in [0, 0.1) is 0 Å². The maximum absolute atomic E-state index is 5.16. The summed E-state index contributed by atoms with van der Waals surface area (Å²) in [6.07, 6.45) is 4.05. The van der Waals surface area contributed by atoms with Gasteiger partial charge in [0.05, 0.1) is 7.11 Å². The van der Waals surface area contributed by atoms with Crippen LogP contribution in [0.3, 0.4) is 0 Å². The van der Waals surface area contributed by atoms with Crippen molar-refractivity contribution in [2.75, 3.05) is 43.1 Å². The standard InChI is InChI=1S/C14H18N6OS/c1-21-12-8-11(15-9-16-12)19-4-6-20(7-5-19)14-17-13(18-22-14)10-2-3-10/h8-10H,2-7H2,1H3. The number of hydrogen-bond acceptors (Lipinski definition) is 8. The van der Waals surface area contributed by atoms with E-state index < -0.39 is 0 Å². The number of methoxy groups -OCH3 is 1. The van der Waals surface area contributed by atoms with Crippen LogP contribution in [0.4, 0.5) is 10.9 Å². The lowest BCUT2D eigenvalue weighted by Gasteiger charge is -2.34. The monoisotopic (exact) mass is 318 g/mol. The fraction of sp³-hybridized carbons (Fsp3) is 0.571. The molecule has 7 nitrogen and oxygen atoms in total. The summed E-state index contributed by atoms with van der Waals surface area (Å²) in [6.45, 7) is 3.70. The minimum absolute atomic E-state index is 0.602. The van der Waals surface area contributed by atoms with Crippen molar-refractivity contribution in [3.63, 3.8) is 0 Å². The molecular weight excluding hydrogens is 300 g/mol. The summed E-state index contributed by atoms with van der Waals surface area (Å²) in [6, 6.07) is 1.88. The topological polar surface area (TPSA) is 67.3 Å². The van der Waals surface area contributed by atoms with Gasteiger partial charge >= 0.3 is 0 Å². The molecule has 8 heteroatoms. The first kappa shape index (κ1) is 13.7. The maximum Gasteiger partial charge on any atom is 0.218 e. The van der Waals surface area contributed by atoms with Crippen LogP contribution in [0.1, 0.15) is 24.6 Å². The van der Waals surface area contributed by atoms with E-state index in [9.17, 15) is 0 Å². The molecule has 0 unspecified atom stereocenters. The Morgan fingerprint density at radius 1 is 1.14 bits per heavy atom. The third-order valence-electron chi connectivity index (χ3n) is 4.08. The zero-order chi connectivity index (χ0) is 14.9. The molecule has 1 saturated carbocycles. The highest BCUT2D eigenvalue weighted by atomic mass is 32.1. The molecule has 1 aliphatic heterocycles. The number of rotatable bonds is 4. The molecule has 0 aromatic carbocycles. The molecule has 22 heavy (non-hydrogen) atoms. The predicted molar refractivity (Wildman–Crippen MR) is 84.9 cm³/mol. The molecule has 0 N–H and O–H groups in total. The molecule has 0 atom stereocenters. The number of anilines is 2. The van der Waals surface area contributed by atoms with E-state index in [1.807, 2.05) is 6.07 Å². The first-order valence-electron chi connectivity index (χ1n) is 7.53. The smallest absolute Gasteiger partial charge is 0.218 e. The molecule has 0 spiro atoms. The van der Waals surface area contributed by atoms with Crippen LogP contribution in [0.2, 0.25) is 0 Å². The van der Waals surface area contributed by atoms with Gasteiger partial charge in [-0.1, -0.05) is 0 Å². The third-order valence-corrected chi connectivity index (χ3v) is 4.88. The Balaban J connectivity index is 1.40. The molecule has 0 radical (unpaired) electrons. The van der Waals surface area contributed by atoms with Gasteiger partial charge < -0.3 is 14.5 Å². The molecule has 0 bridgehead atoms. The Morgan fingerprint density at radius 2 is 1.91 bits per heavy atom. The van der Waals surface area contributed by atoms with Crippen molar-refractivity contribution in [1.29, 1.82) is 0 Å². The van der Waals surface area contributed by atoms with Gasteiger partial charge in [0.1, 0.15) is 18.0 Å². The molecule has 2 aromatic rings. The van der Waals surface area contributed by atoms with Gasteiger partial charge in [0, 0.05) is 49.7 Å². The van der Waals surface area contributed by atoms with Gasteiger partial charge in [-0.3, -0.25) is 0 Å². The highest BCUT2D eigenvalue weighted by molar-refractivity contribution is 7.09. The van der Waals surface area contributed by atoms with Gasteiger partial charge in [-0.2, -0.15) is 4.37 Å². The molecular formula is C14H18N6OS. The van der Waals surface area contributed by atoms with Gasteiger partial charge in [-0.25, -0.2) is 15.0 Å². The minimum atomic E-state index is 0.602. The lowest BCUT2D eigenvalue weighted by atomic mass is 10.3. The highest BCUT2D eigenvalue weighted by Gasteiger charge is 2.29. The molecule has 4 rings (SSSR count). The molecule has 1 aliphatic carbocycles. The third kappa shape index (κ3) is 2.70. The first-order valence-corrected chi connectivity index (χ1v) is 8.30. The molecule has 2 aromatic heterocycles. The molecule has 1 saturated heterocycles. The number of piperazine rings is 1. The molecule has 2 aliphatic rings. The first-order chi connectivity index (χ1) is 10.8. The lowest BCUT2D eigenvalue weighted by molar-refractivity contribution is 0.396. The summed E-state index contributed by atoms with van der Waals surface area (Å²) in [4.78, 5) is 17.7. The Kier molecular flexibility index (Phi) is 3.53. The van der Waals surface area contributed by atoms with Crippen LogP contribution in [-0.2, 0) is 0 Å². The fourth-order valence-corrected chi connectivity index (χ4v) is 3.40. The van der Waals surface area contributed by atoms with E-state index in [1.54, 1.807) is 13.4 Å². The highest BCUT2D eigenvalue weighted by Crippen LogP contribution is 2.39. The van der Waals surface area contributed by atoms with Crippen LogP contribution in [0.25, 0.3) is 0 Å². The van der Waals surface area contributed by atoms with Crippen LogP contribution < -0.4 is 14.5 Å². The zero-order valence-electron chi connectivity index (χ0n) is 12.5. The van der Waals surface area contributed by atoms with E-state index in [0.717, 1.165) is 43.0 Å². The van der Waals surface area contributed by atoms with Crippen molar-refractivity contribution in [1.82, 2.24) is 19.3 Å². The fourth-order valence-electron chi connectivity index (χ4n) is 2.60. The van der Waals surface area contributed by atoms with Gasteiger partial charge in [0.15, 0.2) is 0 Å². The number of nitrogens with zero attached hydrogens (tertiary/aromatic N) is 6. The summed E-state index contributed by atoms with van der Waals surface area (Å²) < 4.78 is 9.65. The molecule has 2 fully saturated rings. The second-order valence-electron chi connectivity index (χ2n) is 5.60. The minimum Gasteiger partial charge on any atom is -0.481 e. The summed E-state index contributed by atoms with van der Waals surface area (Å²) >= 11 is 1.53. The largest absolute Gasteiger partial charge is 0.481 e. The van der Waals surface area contributed by atoms with E-state index in [4.69, 9.17) is 9.72 Å². The summed E-state index contributed by atoms with van der Waals surface area (Å²) in [5, 5.41) is 1.06. The second-order valence-corrected chi connectivity index (χ2v) is 6.33. The normalized spacial score (nSPS) is 18.6. The average molecular weight is 318 g/mol. The van der Waals surface area contributed by atoms with Crippen LogP contribution in [-0.4, -0.2) is 52.6 Å². The van der Waals surface area contributed by atoms with Crippen LogP contribution in [0.15, 0.2) is 12.4 Å². The van der Waals surface area contributed by atoms with Gasteiger partial charge in [-0.15, -0.1) is 0 Å². The van der Waals surface area contributed by atoms with Gasteiger partial charge in [0.2, 0.25) is 11.0 Å². The van der Waals surface area contributed by atoms with E-state index >= 15 is 0 Å². The summed E-state index contributed by atoms with van der Waals surface area (Å²) in [5.74, 6) is 3.19. The SMILES string of the molecule is COc1cc(N2CCN(c3nc(C4CC4)ns3)CC2)ncn1. The van der Waals surface area contributed by atoms with Crippen molar-refractivity contribution in [2.45, 2.75) is 18.8 Å². The summed E-state index contributed by atoms with van der Waals surface area (Å²) in [5.41, 5.74) is 0. The van der Waals surface area contributed by atoms with E-state index in [-0.39, 0.29) is 0 Å². The molecule has 3 heterocycles.